The summed E-state index contributed by atoms with van der Waals surface area (Å²) in [5.41, 5.74) is 1.49. The van der Waals surface area contributed by atoms with Gasteiger partial charge in [0.05, 0.1) is 13.7 Å². The molecule has 1 aliphatic heterocycles. The van der Waals surface area contributed by atoms with Crippen LogP contribution in [0.4, 0.5) is 0 Å². The molecule has 0 aromatic heterocycles. The highest BCUT2D eigenvalue weighted by atomic mass is 16.5. The van der Waals surface area contributed by atoms with Crippen LogP contribution in [-0.4, -0.2) is 25.6 Å². The maximum atomic E-state index is 12.4. The zero-order valence-corrected chi connectivity index (χ0v) is 14.7. The molecule has 0 radical (unpaired) electrons. The molecule has 2 atom stereocenters. The van der Waals surface area contributed by atoms with Gasteiger partial charge < -0.3 is 14.2 Å². The van der Waals surface area contributed by atoms with Gasteiger partial charge in [-0.1, -0.05) is 13.8 Å². The molecule has 0 spiro atoms. The molecule has 1 aromatic rings. The van der Waals surface area contributed by atoms with E-state index in [0.29, 0.717) is 18.8 Å². The molecule has 1 aliphatic carbocycles. The van der Waals surface area contributed by atoms with Crippen LogP contribution >= 0.6 is 0 Å². The second-order valence-corrected chi connectivity index (χ2v) is 7.54. The van der Waals surface area contributed by atoms with Crippen molar-refractivity contribution in [2.24, 2.45) is 11.3 Å². The molecule has 4 nitrogen and oxygen atoms in total. The summed E-state index contributed by atoms with van der Waals surface area (Å²) < 4.78 is 17.2. The van der Waals surface area contributed by atoms with Crippen molar-refractivity contribution in [2.75, 3.05) is 14.2 Å². The topological polar surface area (TPSA) is 44.8 Å². The smallest absolute Gasteiger partial charge is 0.165 e. The number of fused-ring (bicyclic) bond motifs is 2. The summed E-state index contributed by atoms with van der Waals surface area (Å²) in [6.07, 6.45) is 2.18. The first-order chi connectivity index (χ1) is 10.8. The van der Waals surface area contributed by atoms with E-state index in [9.17, 15) is 4.79 Å². The maximum absolute atomic E-state index is 12.4. The van der Waals surface area contributed by atoms with Gasteiger partial charge in [-0.2, -0.15) is 0 Å². The molecule has 126 valence electrons. The van der Waals surface area contributed by atoms with Crippen molar-refractivity contribution in [3.63, 3.8) is 0 Å². The predicted octanol–water partition coefficient (Wildman–Crippen LogP) is 3.54. The average molecular weight is 318 g/mol. The summed E-state index contributed by atoms with van der Waals surface area (Å²) in [7, 11) is 3.35. The fraction of sp³-hybridized carbons (Fsp3) is 0.632. The van der Waals surface area contributed by atoms with Crippen molar-refractivity contribution < 1.29 is 19.0 Å². The van der Waals surface area contributed by atoms with Crippen molar-refractivity contribution >= 4 is 5.78 Å². The number of carbonyl (C=O) groups excluding carboxylic acids is 1. The first-order valence-electron chi connectivity index (χ1n) is 8.23. The molecule has 1 saturated carbocycles. The molecule has 0 saturated heterocycles. The number of hydrogen-bond donors (Lipinski definition) is 0. The Labute approximate surface area is 138 Å². The van der Waals surface area contributed by atoms with Gasteiger partial charge in [0.1, 0.15) is 11.4 Å². The second kappa shape index (κ2) is 5.52. The summed E-state index contributed by atoms with van der Waals surface area (Å²) in [6, 6.07) is 4.10. The van der Waals surface area contributed by atoms with E-state index in [0.717, 1.165) is 35.5 Å². The number of methoxy groups -OCH3 is 2. The minimum atomic E-state index is -0.366. The number of rotatable bonds is 3. The number of benzene rings is 1. The average Bonchev–Trinajstić information content (AvgIpc) is 2.50. The van der Waals surface area contributed by atoms with Crippen LogP contribution in [0.15, 0.2) is 12.1 Å². The van der Waals surface area contributed by atoms with Gasteiger partial charge >= 0.3 is 0 Å². The Balaban J connectivity index is 2.07. The van der Waals surface area contributed by atoms with E-state index >= 15 is 0 Å². The van der Waals surface area contributed by atoms with Gasteiger partial charge in [-0.05, 0) is 43.0 Å². The van der Waals surface area contributed by atoms with Crippen LogP contribution in [0.25, 0.3) is 0 Å². The van der Waals surface area contributed by atoms with Gasteiger partial charge in [0.25, 0.3) is 0 Å². The lowest BCUT2D eigenvalue weighted by Gasteiger charge is -2.52. The quantitative estimate of drug-likeness (QED) is 0.855. The molecule has 23 heavy (non-hydrogen) atoms. The number of hydrogen-bond acceptors (Lipinski definition) is 4. The molecule has 0 bridgehead atoms. The van der Waals surface area contributed by atoms with Crippen LogP contribution in [0.1, 0.15) is 44.7 Å². The van der Waals surface area contributed by atoms with Crippen LogP contribution in [0.5, 0.6) is 11.5 Å². The minimum absolute atomic E-state index is 0.172. The Kier molecular flexibility index (Phi) is 3.91. The van der Waals surface area contributed by atoms with Crippen molar-refractivity contribution in [1.82, 2.24) is 0 Å². The Bertz CT molecular complexity index is 635. The first-order valence-corrected chi connectivity index (χ1v) is 8.23. The molecule has 1 heterocycles. The highest BCUT2D eigenvalue weighted by Gasteiger charge is 2.54. The number of Topliss-reactive ketones (excluding diaryl/α,β-unsaturated/α-hetero) is 1. The third-order valence-electron chi connectivity index (χ3n) is 5.66. The summed E-state index contributed by atoms with van der Waals surface area (Å²) in [6.45, 7) is 6.79. The van der Waals surface area contributed by atoms with Gasteiger partial charge in [-0.15, -0.1) is 0 Å². The number of carbonyl (C=O) groups is 1. The summed E-state index contributed by atoms with van der Waals surface area (Å²) >= 11 is 0. The summed E-state index contributed by atoms with van der Waals surface area (Å²) in [5.74, 6) is 2.10. The maximum Gasteiger partial charge on any atom is 0.165 e. The predicted molar refractivity (Wildman–Crippen MR) is 88.0 cm³/mol. The van der Waals surface area contributed by atoms with Gasteiger partial charge in [-0.3, -0.25) is 4.79 Å². The van der Waals surface area contributed by atoms with Crippen LogP contribution in [0.2, 0.25) is 0 Å². The number of ether oxygens (including phenoxy) is 3. The Morgan fingerprint density at radius 3 is 2.65 bits per heavy atom. The van der Waals surface area contributed by atoms with Crippen molar-refractivity contribution in [3.05, 3.63) is 23.3 Å². The monoisotopic (exact) mass is 318 g/mol. The lowest BCUT2D eigenvalue weighted by atomic mass is 9.58. The molecule has 4 heteroatoms. The van der Waals surface area contributed by atoms with E-state index in [2.05, 4.69) is 26.8 Å². The largest absolute Gasteiger partial charge is 0.493 e. The Hall–Kier alpha value is -1.55. The zero-order valence-electron chi connectivity index (χ0n) is 14.7. The van der Waals surface area contributed by atoms with E-state index in [1.807, 2.05) is 6.07 Å². The standard InChI is InChI=1S/C19H26O4/c1-18(2)15-10-13-8-12(11-21-4)9-14(22-5)17(13)23-19(15,3)7-6-16(18)20/h8-9,15H,6-7,10-11H2,1-5H3/t15-,19-/m1/s1. The fourth-order valence-electron chi connectivity index (χ4n) is 4.25. The number of ketones is 1. The van der Waals surface area contributed by atoms with E-state index in [4.69, 9.17) is 14.2 Å². The molecule has 3 rings (SSSR count). The minimum Gasteiger partial charge on any atom is -0.493 e. The lowest BCUT2D eigenvalue weighted by molar-refractivity contribution is -0.147. The summed E-state index contributed by atoms with van der Waals surface area (Å²) in [5, 5.41) is 0. The van der Waals surface area contributed by atoms with Crippen LogP contribution < -0.4 is 9.47 Å². The molecule has 0 unspecified atom stereocenters. The molecule has 2 aliphatic rings. The molecule has 1 aromatic carbocycles. The molecule has 1 fully saturated rings. The lowest BCUT2D eigenvalue weighted by Crippen LogP contribution is -2.57. The molecule has 0 amide bonds. The van der Waals surface area contributed by atoms with Crippen molar-refractivity contribution in [1.29, 1.82) is 0 Å². The van der Waals surface area contributed by atoms with Gasteiger partial charge in [0.15, 0.2) is 11.5 Å². The second-order valence-electron chi connectivity index (χ2n) is 7.54. The zero-order chi connectivity index (χ0) is 16.8. The Morgan fingerprint density at radius 1 is 1.26 bits per heavy atom. The van der Waals surface area contributed by atoms with Gasteiger partial charge in [0.2, 0.25) is 0 Å². The molecular weight excluding hydrogens is 292 g/mol. The van der Waals surface area contributed by atoms with Crippen LogP contribution in [0, 0.1) is 11.3 Å². The van der Waals surface area contributed by atoms with Gasteiger partial charge in [-0.25, -0.2) is 0 Å². The Morgan fingerprint density at radius 2 is 2.00 bits per heavy atom. The van der Waals surface area contributed by atoms with E-state index in [1.54, 1.807) is 14.2 Å². The van der Waals surface area contributed by atoms with Gasteiger partial charge in [0, 0.05) is 24.9 Å². The van der Waals surface area contributed by atoms with E-state index < -0.39 is 0 Å². The van der Waals surface area contributed by atoms with Crippen LogP contribution in [0.3, 0.4) is 0 Å². The van der Waals surface area contributed by atoms with Crippen molar-refractivity contribution in [2.45, 2.75) is 52.2 Å². The third kappa shape index (κ3) is 2.53. The molecule has 0 N–H and O–H groups in total. The normalized spacial score (nSPS) is 28.6. The molecular formula is C19H26O4. The van der Waals surface area contributed by atoms with Crippen molar-refractivity contribution in [3.8, 4) is 11.5 Å². The fourth-order valence-corrected chi connectivity index (χ4v) is 4.25. The third-order valence-corrected chi connectivity index (χ3v) is 5.66. The van der Waals surface area contributed by atoms with E-state index in [1.165, 1.54) is 0 Å². The van der Waals surface area contributed by atoms with E-state index in [-0.39, 0.29) is 16.9 Å². The SMILES string of the molecule is COCc1cc2c(c(OC)c1)O[C@]1(C)CCC(=O)C(C)(C)[C@H]1C2. The first kappa shape index (κ1) is 16.3. The highest BCUT2D eigenvalue weighted by Crippen LogP contribution is 2.53. The highest BCUT2D eigenvalue weighted by molar-refractivity contribution is 5.86. The summed E-state index contributed by atoms with van der Waals surface area (Å²) in [4.78, 5) is 12.4. The van der Waals surface area contributed by atoms with Crippen LogP contribution in [-0.2, 0) is 22.6 Å².